The van der Waals surface area contributed by atoms with E-state index in [0.717, 1.165) is 41.1 Å². The van der Waals surface area contributed by atoms with Gasteiger partial charge >= 0.3 is 0 Å². The first-order valence-corrected chi connectivity index (χ1v) is 11.6. The molecule has 1 fully saturated rings. The number of para-hydroxylation sites is 2. The summed E-state index contributed by atoms with van der Waals surface area (Å²) in [7, 11) is 0. The second kappa shape index (κ2) is 9.13. The monoisotopic (exact) mass is 457 g/mol. The van der Waals surface area contributed by atoms with Gasteiger partial charge in [-0.05, 0) is 43.2 Å². The quantitative estimate of drug-likeness (QED) is 0.600. The van der Waals surface area contributed by atoms with Gasteiger partial charge in [-0.3, -0.25) is 14.4 Å². The normalized spacial score (nSPS) is 17.6. The number of hydrogen-bond donors (Lipinski definition) is 0. The van der Waals surface area contributed by atoms with Crippen molar-refractivity contribution in [3.63, 3.8) is 0 Å². The van der Waals surface area contributed by atoms with Crippen molar-refractivity contribution in [3.05, 3.63) is 88.3 Å². The molecule has 34 heavy (non-hydrogen) atoms. The number of piperazine rings is 1. The number of hydrogen-bond acceptors (Lipinski definition) is 5. The van der Waals surface area contributed by atoms with Gasteiger partial charge in [0.05, 0.1) is 0 Å². The Balaban J connectivity index is 1.28. The number of anilines is 2. The third-order valence-corrected chi connectivity index (χ3v) is 6.55. The van der Waals surface area contributed by atoms with Crippen LogP contribution in [0.3, 0.4) is 0 Å². The van der Waals surface area contributed by atoms with Crippen molar-refractivity contribution in [1.29, 1.82) is 0 Å². The molecule has 0 radical (unpaired) electrons. The van der Waals surface area contributed by atoms with Gasteiger partial charge in [0, 0.05) is 49.7 Å². The Morgan fingerprint density at radius 3 is 2.38 bits per heavy atom. The molecule has 0 N–H and O–H groups in total. The van der Waals surface area contributed by atoms with Crippen LogP contribution >= 0.6 is 0 Å². The Kier molecular flexibility index (Phi) is 5.88. The minimum absolute atomic E-state index is 0.00498. The molecule has 1 atom stereocenters. The molecule has 174 valence electrons. The summed E-state index contributed by atoms with van der Waals surface area (Å²) in [6.07, 6.45) is 0.773. The number of benzene rings is 2. The zero-order chi connectivity index (χ0) is 23.7. The fourth-order valence-corrected chi connectivity index (χ4v) is 4.76. The summed E-state index contributed by atoms with van der Waals surface area (Å²) < 4.78 is 1.10. The van der Waals surface area contributed by atoms with E-state index in [4.69, 9.17) is 0 Å². The first-order chi connectivity index (χ1) is 16.5. The molecule has 2 aliphatic heterocycles. The topological polar surface area (TPSA) is 78.8 Å². The predicted molar refractivity (Wildman–Crippen MR) is 130 cm³/mol. The summed E-state index contributed by atoms with van der Waals surface area (Å²) in [5.41, 5.74) is 2.87. The van der Waals surface area contributed by atoms with Crippen molar-refractivity contribution in [1.82, 2.24) is 14.7 Å². The number of nitrogens with zero attached hydrogens (tertiary/aromatic N) is 5. The summed E-state index contributed by atoms with van der Waals surface area (Å²) in [5, 5.41) is 4.28. The molecule has 1 aromatic heterocycles. The number of amides is 2. The summed E-state index contributed by atoms with van der Waals surface area (Å²) in [4.78, 5) is 44.4. The molecule has 3 heterocycles. The fraction of sp³-hybridized carbons (Fsp3) is 0.308. The zero-order valence-electron chi connectivity index (χ0n) is 19.1. The maximum Gasteiger partial charge on any atom is 0.278 e. The van der Waals surface area contributed by atoms with E-state index in [2.05, 4.69) is 22.1 Å². The summed E-state index contributed by atoms with van der Waals surface area (Å²) >= 11 is 0. The van der Waals surface area contributed by atoms with Crippen LogP contribution in [0.5, 0.6) is 0 Å². The van der Waals surface area contributed by atoms with Crippen LogP contribution in [0.4, 0.5) is 11.4 Å². The highest BCUT2D eigenvalue weighted by molar-refractivity contribution is 6.06. The van der Waals surface area contributed by atoms with Crippen LogP contribution in [0.2, 0.25) is 0 Å². The molecular weight excluding hydrogens is 430 g/mol. The number of fused-ring (bicyclic) bond motifs is 1. The fourth-order valence-electron chi connectivity index (χ4n) is 4.76. The van der Waals surface area contributed by atoms with E-state index in [-0.39, 0.29) is 30.1 Å². The second-order valence-electron chi connectivity index (χ2n) is 8.77. The average Bonchev–Trinajstić information content (AvgIpc) is 3.21. The summed E-state index contributed by atoms with van der Waals surface area (Å²) in [6.45, 7) is 4.40. The van der Waals surface area contributed by atoms with Crippen molar-refractivity contribution in [2.75, 3.05) is 36.0 Å². The number of carbonyl (C=O) groups excluding carboxylic acids is 2. The van der Waals surface area contributed by atoms with Crippen LogP contribution in [-0.4, -0.2) is 58.7 Å². The Morgan fingerprint density at radius 1 is 0.912 bits per heavy atom. The summed E-state index contributed by atoms with van der Waals surface area (Å²) in [5.74, 6) is -0.443. The smallest absolute Gasteiger partial charge is 0.278 e. The molecular formula is C26H27N5O3. The van der Waals surface area contributed by atoms with Gasteiger partial charge < -0.3 is 14.7 Å². The Hall–Kier alpha value is -3.94. The van der Waals surface area contributed by atoms with E-state index < -0.39 is 5.56 Å². The molecule has 0 bridgehead atoms. The first kappa shape index (κ1) is 21.9. The summed E-state index contributed by atoms with van der Waals surface area (Å²) in [6, 6.07) is 20.7. The van der Waals surface area contributed by atoms with Crippen LogP contribution in [0.25, 0.3) is 0 Å². The third-order valence-electron chi connectivity index (χ3n) is 6.55. The molecule has 0 aliphatic carbocycles. The predicted octanol–water partition coefficient (Wildman–Crippen LogP) is 2.18. The average molecular weight is 458 g/mol. The zero-order valence-corrected chi connectivity index (χ0v) is 19.1. The first-order valence-electron chi connectivity index (χ1n) is 11.6. The van der Waals surface area contributed by atoms with E-state index in [1.165, 1.54) is 12.1 Å². The molecule has 0 spiro atoms. The van der Waals surface area contributed by atoms with Crippen molar-refractivity contribution < 1.29 is 9.59 Å². The van der Waals surface area contributed by atoms with Crippen LogP contribution in [-0.2, 0) is 17.8 Å². The van der Waals surface area contributed by atoms with Gasteiger partial charge in [0.15, 0.2) is 0 Å². The van der Waals surface area contributed by atoms with Crippen molar-refractivity contribution >= 4 is 23.2 Å². The highest BCUT2D eigenvalue weighted by Crippen LogP contribution is 2.32. The minimum atomic E-state index is -0.400. The highest BCUT2D eigenvalue weighted by atomic mass is 16.2. The van der Waals surface area contributed by atoms with E-state index in [1.54, 1.807) is 9.80 Å². The van der Waals surface area contributed by atoms with E-state index in [1.807, 2.05) is 49.4 Å². The Morgan fingerprint density at radius 2 is 1.62 bits per heavy atom. The van der Waals surface area contributed by atoms with Gasteiger partial charge in [0.25, 0.3) is 11.5 Å². The lowest BCUT2D eigenvalue weighted by Crippen LogP contribution is -2.50. The molecule has 2 aromatic carbocycles. The van der Waals surface area contributed by atoms with Gasteiger partial charge in [-0.2, -0.15) is 5.10 Å². The highest BCUT2D eigenvalue weighted by Gasteiger charge is 2.32. The van der Waals surface area contributed by atoms with Crippen LogP contribution in [0, 0.1) is 0 Å². The van der Waals surface area contributed by atoms with E-state index in [0.29, 0.717) is 13.1 Å². The largest absolute Gasteiger partial charge is 0.368 e. The van der Waals surface area contributed by atoms with Gasteiger partial charge in [0.2, 0.25) is 5.91 Å². The van der Waals surface area contributed by atoms with E-state index >= 15 is 0 Å². The maximum atomic E-state index is 13.3. The molecule has 1 unspecified atom stereocenters. The maximum absolute atomic E-state index is 13.3. The molecule has 3 aromatic rings. The van der Waals surface area contributed by atoms with Gasteiger partial charge in [-0.25, -0.2) is 4.68 Å². The molecule has 5 rings (SSSR count). The standard InChI is InChI=1S/C26H27N5O3/c1-19-17-20-7-5-6-10-23(20)31(19)26(34)22-11-12-24(32)30(27-22)18-25(33)29-15-13-28(14-16-29)21-8-3-2-4-9-21/h2-12,19H,13-18H2,1H3. The lowest BCUT2D eigenvalue weighted by molar-refractivity contribution is -0.132. The van der Waals surface area contributed by atoms with Crippen LogP contribution in [0.15, 0.2) is 71.5 Å². The molecule has 2 aliphatic rings. The molecule has 2 amide bonds. The number of carbonyl (C=O) groups is 2. The van der Waals surface area contributed by atoms with Gasteiger partial charge in [-0.15, -0.1) is 0 Å². The molecule has 8 nitrogen and oxygen atoms in total. The number of rotatable bonds is 4. The van der Waals surface area contributed by atoms with Crippen molar-refractivity contribution in [3.8, 4) is 0 Å². The lowest BCUT2D eigenvalue weighted by Gasteiger charge is -2.36. The molecule has 0 saturated carbocycles. The third kappa shape index (κ3) is 4.19. The molecule has 8 heteroatoms. The lowest BCUT2D eigenvalue weighted by atomic mass is 10.1. The van der Waals surface area contributed by atoms with Gasteiger partial charge in [-0.1, -0.05) is 36.4 Å². The van der Waals surface area contributed by atoms with Crippen molar-refractivity contribution in [2.45, 2.75) is 25.9 Å². The van der Waals surface area contributed by atoms with Gasteiger partial charge in [0.1, 0.15) is 12.2 Å². The van der Waals surface area contributed by atoms with Crippen molar-refractivity contribution in [2.24, 2.45) is 0 Å². The number of aromatic nitrogens is 2. The second-order valence-corrected chi connectivity index (χ2v) is 8.77. The SMILES string of the molecule is CC1Cc2ccccc2N1C(=O)c1ccc(=O)n(CC(=O)N2CCN(c3ccccc3)CC2)n1. The minimum Gasteiger partial charge on any atom is -0.368 e. The van der Waals surface area contributed by atoms with Crippen LogP contribution in [0.1, 0.15) is 23.0 Å². The Bertz CT molecular complexity index is 1260. The van der Waals surface area contributed by atoms with E-state index in [9.17, 15) is 14.4 Å². The molecule has 1 saturated heterocycles. The Labute approximate surface area is 198 Å². The van der Waals surface area contributed by atoms with Crippen LogP contribution < -0.4 is 15.4 Å².